The third-order valence-electron chi connectivity index (χ3n) is 1.68. The summed E-state index contributed by atoms with van der Waals surface area (Å²) in [6.07, 6.45) is 0. The molecule has 17 heavy (non-hydrogen) atoms. The number of hydrogen-bond donors (Lipinski definition) is 3. The lowest BCUT2D eigenvalue weighted by Crippen LogP contribution is -2.51. The Balaban J connectivity index is 0. The molecule has 2 amide bonds. The van der Waals surface area contributed by atoms with E-state index in [-0.39, 0.29) is 11.8 Å². The van der Waals surface area contributed by atoms with Gasteiger partial charge in [-0.25, -0.2) is 0 Å². The SMILES string of the molecule is CC(C)C.CC(N)C(=O)N[C@@H](C(N)=O)C(C)C. The topological polar surface area (TPSA) is 98.2 Å². The fourth-order valence-electron chi connectivity index (χ4n) is 0.851. The molecule has 5 nitrogen and oxygen atoms in total. The van der Waals surface area contributed by atoms with Crippen LogP contribution in [-0.4, -0.2) is 23.9 Å². The zero-order chi connectivity index (χ0) is 14.2. The van der Waals surface area contributed by atoms with Crippen molar-refractivity contribution in [2.24, 2.45) is 23.3 Å². The fraction of sp³-hybridized carbons (Fsp3) is 0.833. The van der Waals surface area contributed by atoms with E-state index in [1.165, 1.54) is 0 Å². The van der Waals surface area contributed by atoms with E-state index in [4.69, 9.17) is 11.5 Å². The number of nitrogens with two attached hydrogens (primary N) is 2. The van der Waals surface area contributed by atoms with Gasteiger partial charge >= 0.3 is 0 Å². The monoisotopic (exact) mass is 245 g/mol. The molecule has 0 bridgehead atoms. The van der Waals surface area contributed by atoms with Crippen molar-refractivity contribution in [2.75, 3.05) is 0 Å². The Kier molecular flexibility index (Phi) is 9.66. The standard InChI is InChI=1S/C8H17N3O2.C4H10/c1-4(2)6(7(10)12)11-8(13)5(3)9;1-4(2)3/h4-6H,9H2,1-3H3,(H2,10,12)(H,11,13);4H,1-3H3/t5?,6-;/m1./s1. The van der Waals surface area contributed by atoms with E-state index in [9.17, 15) is 9.59 Å². The highest BCUT2D eigenvalue weighted by Crippen LogP contribution is 2.00. The quantitative estimate of drug-likeness (QED) is 0.677. The van der Waals surface area contributed by atoms with Gasteiger partial charge < -0.3 is 16.8 Å². The lowest BCUT2D eigenvalue weighted by molar-refractivity contribution is -0.128. The van der Waals surface area contributed by atoms with Crippen LogP contribution in [0.15, 0.2) is 0 Å². The number of carbonyl (C=O) groups is 2. The molecular weight excluding hydrogens is 218 g/mol. The summed E-state index contributed by atoms with van der Waals surface area (Å²) in [6.45, 7) is 11.7. The predicted molar refractivity (Wildman–Crippen MR) is 70.1 cm³/mol. The summed E-state index contributed by atoms with van der Waals surface area (Å²) in [7, 11) is 0. The van der Waals surface area contributed by atoms with Gasteiger partial charge in [-0.15, -0.1) is 0 Å². The van der Waals surface area contributed by atoms with Gasteiger partial charge in [0.15, 0.2) is 0 Å². The average molecular weight is 245 g/mol. The van der Waals surface area contributed by atoms with Crippen LogP contribution >= 0.6 is 0 Å². The maximum atomic E-state index is 11.1. The molecule has 0 radical (unpaired) electrons. The summed E-state index contributed by atoms with van der Waals surface area (Å²) >= 11 is 0. The zero-order valence-electron chi connectivity index (χ0n) is 11.8. The Bertz CT molecular complexity index is 235. The Morgan fingerprint density at radius 3 is 1.53 bits per heavy atom. The molecule has 1 unspecified atom stereocenters. The van der Waals surface area contributed by atoms with Gasteiger partial charge in [-0.05, 0) is 18.8 Å². The van der Waals surface area contributed by atoms with Gasteiger partial charge in [0.05, 0.1) is 6.04 Å². The van der Waals surface area contributed by atoms with Gasteiger partial charge in [-0.3, -0.25) is 9.59 Å². The third-order valence-corrected chi connectivity index (χ3v) is 1.68. The average Bonchev–Trinajstić information content (AvgIpc) is 2.11. The van der Waals surface area contributed by atoms with Crippen molar-refractivity contribution in [3.63, 3.8) is 0 Å². The third kappa shape index (κ3) is 11.2. The number of carbonyl (C=O) groups excluding carboxylic acids is 2. The molecule has 0 rings (SSSR count). The molecule has 0 aromatic carbocycles. The number of hydrogen-bond acceptors (Lipinski definition) is 3. The van der Waals surface area contributed by atoms with Gasteiger partial charge in [0.2, 0.25) is 11.8 Å². The molecule has 5 heteroatoms. The molecule has 0 aromatic rings. The summed E-state index contributed by atoms with van der Waals surface area (Å²) in [5.74, 6) is -0.0956. The lowest BCUT2D eigenvalue weighted by Gasteiger charge is -2.19. The minimum absolute atomic E-state index is 0.0276. The molecule has 0 heterocycles. The van der Waals surface area contributed by atoms with Crippen molar-refractivity contribution in [3.8, 4) is 0 Å². The minimum Gasteiger partial charge on any atom is -0.368 e. The van der Waals surface area contributed by atoms with Crippen LogP contribution in [0.2, 0.25) is 0 Å². The predicted octanol–water partition coefficient (Wildman–Crippen LogP) is 0.622. The Morgan fingerprint density at radius 2 is 1.35 bits per heavy atom. The summed E-state index contributed by atoms with van der Waals surface area (Å²) in [6, 6.07) is -1.26. The van der Waals surface area contributed by atoms with Crippen LogP contribution in [0.3, 0.4) is 0 Å². The van der Waals surface area contributed by atoms with Crippen LogP contribution in [0, 0.1) is 11.8 Å². The van der Waals surface area contributed by atoms with Crippen LogP contribution in [0.1, 0.15) is 41.5 Å². The van der Waals surface area contributed by atoms with Gasteiger partial charge in [-0.2, -0.15) is 0 Å². The second kappa shape index (κ2) is 8.98. The highest BCUT2D eigenvalue weighted by Gasteiger charge is 2.22. The van der Waals surface area contributed by atoms with Crippen LogP contribution in [-0.2, 0) is 9.59 Å². The van der Waals surface area contributed by atoms with Crippen molar-refractivity contribution < 1.29 is 9.59 Å². The van der Waals surface area contributed by atoms with Crippen LogP contribution in [0.25, 0.3) is 0 Å². The molecule has 0 saturated carbocycles. The maximum absolute atomic E-state index is 11.1. The Morgan fingerprint density at radius 1 is 1.00 bits per heavy atom. The summed E-state index contributed by atoms with van der Waals surface area (Å²) < 4.78 is 0. The minimum atomic E-state index is -0.640. The highest BCUT2D eigenvalue weighted by molar-refractivity contribution is 5.88. The summed E-state index contributed by atoms with van der Waals surface area (Å²) in [5, 5.41) is 2.48. The van der Waals surface area contributed by atoms with Crippen molar-refractivity contribution in [3.05, 3.63) is 0 Å². The van der Waals surface area contributed by atoms with E-state index in [0.29, 0.717) is 0 Å². The molecule has 102 valence electrons. The van der Waals surface area contributed by atoms with Crippen molar-refractivity contribution in [1.29, 1.82) is 0 Å². The number of nitrogens with one attached hydrogen (secondary N) is 1. The van der Waals surface area contributed by atoms with Crippen LogP contribution in [0.5, 0.6) is 0 Å². The van der Waals surface area contributed by atoms with Gasteiger partial charge in [0.1, 0.15) is 6.04 Å². The first-order valence-electron chi connectivity index (χ1n) is 5.94. The first kappa shape index (κ1) is 18.3. The first-order valence-corrected chi connectivity index (χ1v) is 5.94. The Hall–Kier alpha value is -1.10. The second-order valence-electron chi connectivity index (χ2n) is 5.15. The van der Waals surface area contributed by atoms with Gasteiger partial charge in [-0.1, -0.05) is 34.6 Å². The van der Waals surface area contributed by atoms with E-state index in [1.807, 2.05) is 0 Å². The molecular formula is C12H27N3O2. The van der Waals surface area contributed by atoms with E-state index < -0.39 is 18.0 Å². The molecule has 0 aromatic heterocycles. The number of amides is 2. The molecule has 0 aliphatic carbocycles. The second-order valence-corrected chi connectivity index (χ2v) is 5.15. The molecule has 0 spiro atoms. The van der Waals surface area contributed by atoms with Gasteiger partial charge in [0.25, 0.3) is 0 Å². The highest BCUT2D eigenvalue weighted by atomic mass is 16.2. The van der Waals surface area contributed by atoms with E-state index >= 15 is 0 Å². The number of rotatable bonds is 4. The van der Waals surface area contributed by atoms with Crippen molar-refractivity contribution in [1.82, 2.24) is 5.32 Å². The molecule has 0 fully saturated rings. The smallest absolute Gasteiger partial charge is 0.240 e. The molecule has 0 aliphatic rings. The summed E-state index contributed by atoms with van der Waals surface area (Å²) in [5.41, 5.74) is 10.4. The molecule has 5 N–H and O–H groups in total. The van der Waals surface area contributed by atoms with E-state index in [1.54, 1.807) is 20.8 Å². The zero-order valence-corrected chi connectivity index (χ0v) is 11.8. The van der Waals surface area contributed by atoms with E-state index in [2.05, 4.69) is 26.1 Å². The largest absolute Gasteiger partial charge is 0.368 e. The van der Waals surface area contributed by atoms with E-state index in [0.717, 1.165) is 5.92 Å². The normalized spacial score (nSPS) is 13.7. The fourth-order valence-corrected chi connectivity index (χ4v) is 0.851. The maximum Gasteiger partial charge on any atom is 0.240 e. The lowest BCUT2D eigenvalue weighted by atomic mass is 10.0. The number of primary amides is 1. The van der Waals surface area contributed by atoms with Crippen molar-refractivity contribution in [2.45, 2.75) is 53.6 Å². The Labute approximate surface area is 104 Å². The molecule has 0 saturated heterocycles. The molecule has 2 atom stereocenters. The van der Waals surface area contributed by atoms with Crippen LogP contribution < -0.4 is 16.8 Å². The van der Waals surface area contributed by atoms with Crippen LogP contribution in [0.4, 0.5) is 0 Å². The summed E-state index contributed by atoms with van der Waals surface area (Å²) in [4.78, 5) is 22.0. The van der Waals surface area contributed by atoms with Gasteiger partial charge in [0, 0.05) is 0 Å². The molecule has 0 aliphatic heterocycles. The van der Waals surface area contributed by atoms with Crippen molar-refractivity contribution >= 4 is 11.8 Å². The first-order chi connectivity index (χ1) is 7.59.